The van der Waals surface area contributed by atoms with E-state index in [1.807, 2.05) is 22.9 Å². The van der Waals surface area contributed by atoms with Crippen molar-refractivity contribution in [3.05, 3.63) is 70.9 Å². The molecular formula is C16H15N5O3. The second-order valence-electron chi connectivity index (χ2n) is 4.99. The number of methoxy groups -OCH3 is 1. The smallest absolute Gasteiger partial charge is 0.311 e. The van der Waals surface area contributed by atoms with E-state index in [4.69, 9.17) is 4.74 Å². The van der Waals surface area contributed by atoms with Crippen molar-refractivity contribution in [2.75, 3.05) is 12.4 Å². The van der Waals surface area contributed by atoms with Crippen LogP contribution in [0.1, 0.15) is 5.56 Å². The van der Waals surface area contributed by atoms with Gasteiger partial charge in [0, 0.05) is 43.0 Å². The lowest BCUT2D eigenvalue weighted by Crippen LogP contribution is -2.02. The fourth-order valence-electron chi connectivity index (χ4n) is 2.21. The minimum absolute atomic E-state index is 0.0607. The third kappa shape index (κ3) is 3.32. The summed E-state index contributed by atoms with van der Waals surface area (Å²) in [6.45, 7) is 0.540. The largest absolute Gasteiger partial charge is 0.490 e. The number of hydrogen-bond acceptors (Lipinski definition) is 6. The van der Waals surface area contributed by atoms with E-state index >= 15 is 0 Å². The molecule has 1 aromatic carbocycles. The fraction of sp³-hybridized carbons (Fsp3) is 0.125. The SMILES string of the molecule is COc1cc(NCc2ccc(-n3ccnc3)nc2)ccc1[N+](=O)[O-]. The molecule has 122 valence electrons. The van der Waals surface area contributed by atoms with Crippen molar-refractivity contribution >= 4 is 11.4 Å². The van der Waals surface area contributed by atoms with E-state index < -0.39 is 4.92 Å². The number of nitrogens with zero attached hydrogens (tertiary/aromatic N) is 4. The molecule has 0 atom stereocenters. The quantitative estimate of drug-likeness (QED) is 0.553. The third-order valence-electron chi connectivity index (χ3n) is 3.45. The van der Waals surface area contributed by atoms with Gasteiger partial charge in [0.25, 0.3) is 0 Å². The third-order valence-corrected chi connectivity index (χ3v) is 3.45. The predicted octanol–water partition coefficient (Wildman–Crippen LogP) is 2.80. The molecule has 24 heavy (non-hydrogen) atoms. The highest BCUT2D eigenvalue weighted by Gasteiger charge is 2.14. The van der Waals surface area contributed by atoms with Gasteiger partial charge in [0.1, 0.15) is 12.1 Å². The number of aromatic nitrogens is 3. The zero-order chi connectivity index (χ0) is 16.9. The molecule has 3 rings (SSSR count). The van der Waals surface area contributed by atoms with Gasteiger partial charge in [-0.15, -0.1) is 0 Å². The van der Waals surface area contributed by atoms with Gasteiger partial charge in [-0.1, -0.05) is 6.07 Å². The highest BCUT2D eigenvalue weighted by Crippen LogP contribution is 2.29. The Balaban J connectivity index is 1.68. The molecule has 0 fully saturated rings. The predicted molar refractivity (Wildman–Crippen MR) is 88.3 cm³/mol. The summed E-state index contributed by atoms with van der Waals surface area (Å²) < 4.78 is 6.87. The molecule has 8 nitrogen and oxygen atoms in total. The molecule has 8 heteroatoms. The summed E-state index contributed by atoms with van der Waals surface area (Å²) in [5.74, 6) is 1.01. The number of pyridine rings is 1. The lowest BCUT2D eigenvalue weighted by Gasteiger charge is -2.09. The van der Waals surface area contributed by atoms with Crippen molar-refractivity contribution in [2.24, 2.45) is 0 Å². The van der Waals surface area contributed by atoms with Crippen LogP contribution < -0.4 is 10.1 Å². The number of nitro groups is 1. The Labute approximate surface area is 137 Å². The van der Waals surface area contributed by atoms with Gasteiger partial charge in [-0.05, 0) is 17.7 Å². The average molecular weight is 325 g/mol. The van der Waals surface area contributed by atoms with Crippen LogP contribution in [0.4, 0.5) is 11.4 Å². The summed E-state index contributed by atoms with van der Waals surface area (Å²) >= 11 is 0. The molecular weight excluding hydrogens is 310 g/mol. The van der Waals surface area contributed by atoms with E-state index in [1.165, 1.54) is 13.2 Å². The molecule has 0 aliphatic heterocycles. The van der Waals surface area contributed by atoms with Crippen LogP contribution in [0.15, 0.2) is 55.2 Å². The van der Waals surface area contributed by atoms with Crippen LogP contribution in [0, 0.1) is 10.1 Å². The Morgan fingerprint density at radius 2 is 2.21 bits per heavy atom. The number of nitro benzene ring substituents is 1. The van der Waals surface area contributed by atoms with Crippen molar-refractivity contribution in [3.8, 4) is 11.6 Å². The maximum absolute atomic E-state index is 10.9. The Hall–Kier alpha value is -3.42. The van der Waals surface area contributed by atoms with Gasteiger partial charge in [-0.25, -0.2) is 9.97 Å². The van der Waals surface area contributed by atoms with E-state index in [0.29, 0.717) is 6.54 Å². The molecule has 3 aromatic rings. The van der Waals surface area contributed by atoms with Crippen LogP contribution in [-0.2, 0) is 6.54 Å². The first-order chi connectivity index (χ1) is 11.7. The van der Waals surface area contributed by atoms with Gasteiger partial charge < -0.3 is 10.1 Å². The van der Waals surface area contributed by atoms with Crippen molar-refractivity contribution in [1.29, 1.82) is 0 Å². The van der Waals surface area contributed by atoms with Gasteiger partial charge in [-0.3, -0.25) is 14.7 Å². The second-order valence-corrected chi connectivity index (χ2v) is 4.99. The van der Waals surface area contributed by atoms with Crippen molar-refractivity contribution in [1.82, 2.24) is 14.5 Å². The summed E-state index contributed by atoms with van der Waals surface area (Å²) in [5, 5.41) is 14.1. The van der Waals surface area contributed by atoms with Crippen LogP contribution >= 0.6 is 0 Å². The standard InChI is InChI=1S/C16H15N5O3/c1-24-15-8-13(3-4-14(15)21(22)23)18-9-12-2-5-16(19-10-12)20-7-6-17-11-20/h2-8,10-11,18H,9H2,1H3. The van der Waals surface area contributed by atoms with Crippen LogP contribution in [0.2, 0.25) is 0 Å². The summed E-state index contributed by atoms with van der Waals surface area (Å²) in [5.41, 5.74) is 1.65. The number of imidazole rings is 1. The first-order valence-electron chi connectivity index (χ1n) is 7.17. The maximum Gasteiger partial charge on any atom is 0.311 e. The molecule has 0 radical (unpaired) electrons. The minimum Gasteiger partial charge on any atom is -0.490 e. The van der Waals surface area contributed by atoms with E-state index in [1.54, 1.807) is 30.9 Å². The first-order valence-corrected chi connectivity index (χ1v) is 7.17. The normalized spacial score (nSPS) is 10.4. The average Bonchev–Trinajstić information content (AvgIpc) is 3.14. The van der Waals surface area contributed by atoms with Crippen LogP contribution in [0.5, 0.6) is 5.75 Å². The van der Waals surface area contributed by atoms with Gasteiger partial charge >= 0.3 is 5.69 Å². The lowest BCUT2D eigenvalue weighted by molar-refractivity contribution is -0.385. The van der Waals surface area contributed by atoms with Crippen molar-refractivity contribution < 1.29 is 9.66 Å². The molecule has 0 saturated heterocycles. The van der Waals surface area contributed by atoms with E-state index in [2.05, 4.69) is 15.3 Å². The van der Waals surface area contributed by atoms with Gasteiger partial charge in [-0.2, -0.15) is 0 Å². The maximum atomic E-state index is 10.9. The molecule has 2 heterocycles. The second kappa shape index (κ2) is 6.78. The number of benzene rings is 1. The number of rotatable bonds is 6. The van der Waals surface area contributed by atoms with E-state index in [-0.39, 0.29) is 11.4 Å². The minimum atomic E-state index is -0.471. The van der Waals surface area contributed by atoms with Crippen molar-refractivity contribution in [2.45, 2.75) is 6.54 Å². The monoisotopic (exact) mass is 325 g/mol. The van der Waals surface area contributed by atoms with Gasteiger partial charge in [0.15, 0.2) is 5.75 Å². The highest BCUT2D eigenvalue weighted by atomic mass is 16.6. The first kappa shape index (κ1) is 15.5. The van der Waals surface area contributed by atoms with Gasteiger partial charge in [0.2, 0.25) is 0 Å². The topological polar surface area (TPSA) is 95.1 Å². The molecule has 0 aliphatic carbocycles. The molecule has 0 amide bonds. The zero-order valence-electron chi connectivity index (χ0n) is 12.9. The summed E-state index contributed by atoms with van der Waals surface area (Å²) in [6.07, 6.45) is 6.97. The molecule has 2 aromatic heterocycles. The molecule has 0 spiro atoms. The van der Waals surface area contributed by atoms with Crippen LogP contribution in [-0.4, -0.2) is 26.6 Å². The zero-order valence-corrected chi connectivity index (χ0v) is 12.9. The fourth-order valence-corrected chi connectivity index (χ4v) is 2.21. The van der Waals surface area contributed by atoms with Crippen LogP contribution in [0.25, 0.3) is 5.82 Å². The molecule has 0 aliphatic rings. The number of hydrogen-bond donors (Lipinski definition) is 1. The van der Waals surface area contributed by atoms with Crippen molar-refractivity contribution in [3.63, 3.8) is 0 Å². The van der Waals surface area contributed by atoms with Crippen LogP contribution in [0.3, 0.4) is 0 Å². The Kier molecular flexibility index (Phi) is 4.37. The van der Waals surface area contributed by atoms with E-state index in [0.717, 1.165) is 17.1 Å². The Morgan fingerprint density at radius 3 is 2.83 bits per heavy atom. The summed E-state index contributed by atoms with van der Waals surface area (Å²) in [4.78, 5) is 18.8. The van der Waals surface area contributed by atoms with Gasteiger partial charge in [0.05, 0.1) is 12.0 Å². The summed E-state index contributed by atoms with van der Waals surface area (Å²) in [6, 6.07) is 8.52. The molecule has 1 N–H and O–H groups in total. The Morgan fingerprint density at radius 1 is 1.33 bits per heavy atom. The van der Waals surface area contributed by atoms with E-state index in [9.17, 15) is 10.1 Å². The Bertz CT molecular complexity index is 831. The highest BCUT2D eigenvalue weighted by molar-refractivity contribution is 5.58. The molecule has 0 saturated carbocycles. The number of anilines is 1. The summed E-state index contributed by atoms with van der Waals surface area (Å²) in [7, 11) is 1.41. The lowest BCUT2D eigenvalue weighted by atomic mass is 10.2. The molecule has 0 bridgehead atoms. The molecule has 0 unspecified atom stereocenters. The number of ether oxygens (including phenoxy) is 1. The number of nitrogens with one attached hydrogen (secondary N) is 1.